The molecule has 0 saturated carbocycles. The van der Waals surface area contributed by atoms with Crippen molar-refractivity contribution in [2.24, 2.45) is 0 Å². The summed E-state index contributed by atoms with van der Waals surface area (Å²) < 4.78 is 11.1. The quantitative estimate of drug-likeness (QED) is 0.708. The number of hydrogen-bond donors (Lipinski definition) is 2. The van der Waals surface area contributed by atoms with E-state index in [1.165, 1.54) is 4.68 Å². The van der Waals surface area contributed by atoms with Crippen LogP contribution in [-0.2, 0) is 0 Å². The van der Waals surface area contributed by atoms with Gasteiger partial charge >= 0.3 is 17.2 Å². The number of amides is 1. The lowest BCUT2D eigenvalue weighted by atomic mass is 10.3. The molecule has 0 bridgehead atoms. The maximum absolute atomic E-state index is 12.4. The van der Waals surface area contributed by atoms with Crippen molar-refractivity contribution in [3.63, 3.8) is 0 Å². The Morgan fingerprint density at radius 2 is 1.83 bits per heavy atom. The third-order valence-corrected chi connectivity index (χ3v) is 3.55. The molecule has 0 atom stereocenters. The van der Waals surface area contributed by atoms with Gasteiger partial charge < -0.3 is 10.1 Å². The summed E-state index contributed by atoms with van der Waals surface area (Å²) >= 11 is 5.81. The van der Waals surface area contributed by atoms with Gasteiger partial charge in [0.1, 0.15) is 5.75 Å². The lowest BCUT2D eigenvalue weighted by Gasteiger charge is -2.01. The van der Waals surface area contributed by atoms with Crippen LogP contribution >= 0.6 is 11.6 Å². The Morgan fingerprint density at radius 1 is 1.17 bits per heavy atom. The summed E-state index contributed by atoms with van der Waals surface area (Å²) in [5, 5.41) is 5.58. The van der Waals surface area contributed by atoms with Crippen molar-refractivity contribution < 1.29 is 18.7 Å². The first-order valence-corrected chi connectivity index (χ1v) is 7.31. The molecule has 3 rings (SSSR count). The van der Waals surface area contributed by atoms with Gasteiger partial charge in [-0.3, -0.25) is 9.32 Å². The van der Waals surface area contributed by atoms with E-state index in [-0.39, 0.29) is 5.69 Å². The van der Waals surface area contributed by atoms with Crippen LogP contribution in [0.5, 0.6) is 5.75 Å². The van der Waals surface area contributed by atoms with Crippen LogP contribution in [0, 0.1) is 0 Å². The zero-order chi connectivity index (χ0) is 17.1. The molecule has 3 aromatic rings. The summed E-state index contributed by atoms with van der Waals surface area (Å²) in [6.45, 7) is 0. The van der Waals surface area contributed by atoms with E-state index in [2.05, 4.69) is 10.6 Å². The summed E-state index contributed by atoms with van der Waals surface area (Å²) in [6, 6.07) is 13.3. The number of H-pyrrole nitrogens is 1. The molecule has 8 heteroatoms. The van der Waals surface area contributed by atoms with Crippen LogP contribution in [0.4, 0.5) is 5.69 Å². The van der Waals surface area contributed by atoms with Crippen molar-refractivity contribution in [3.05, 3.63) is 69.7 Å². The van der Waals surface area contributed by atoms with Crippen molar-refractivity contribution in [2.45, 2.75) is 0 Å². The fourth-order valence-electron chi connectivity index (χ4n) is 2.10. The third-order valence-electron chi connectivity index (χ3n) is 3.29. The smallest absolute Gasteiger partial charge is 0.441 e. The molecule has 0 aliphatic carbocycles. The molecule has 24 heavy (non-hydrogen) atoms. The number of carbonyl (C=O) groups excluding carboxylic acids is 1. The second-order valence-corrected chi connectivity index (χ2v) is 5.26. The van der Waals surface area contributed by atoms with Crippen LogP contribution in [0.2, 0.25) is 5.02 Å². The van der Waals surface area contributed by atoms with Crippen molar-refractivity contribution in [1.82, 2.24) is 5.27 Å². The van der Waals surface area contributed by atoms with Crippen molar-refractivity contribution in [1.29, 1.82) is 0 Å². The number of hydrogen-bond acceptors (Lipinski definition) is 4. The van der Waals surface area contributed by atoms with Gasteiger partial charge in [0.15, 0.2) is 0 Å². The Bertz CT molecular complexity index is 914. The van der Waals surface area contributed by atoms with Crippen LogP contribution in [-0.4, -0.2) is 18.3 Å². The molecule has 1 amide bonds. The largest absolute Gasteiger partial charge is 0.497 e. The third kappa shape index (κ3) is 3.16. The van der Waals surface area contributed by atoms with Crippen LogP contribution < -0.4 is 20.4 Å². The number of anilines is 1. The lowest BCUT2D eigenvalue weighted by molar-refractivity contribution is -0.672. The fraction of sp³-hybridized carbons (Fsp3) is 0.0625. The molecule has 1 heterocycles. The highest BCUT2D eigenvalue weighted by Crippen LogP contribution is 2.14. The number of ether oxygens (including phenoxy) is 1. The zero-order valence-corrected chi connectivity index (χ0v) is 13.3. The molecule has 0 fully saturated rings. The highest BCUT2D eigenvalue weighted by atomic mass is 35.5. The van der Waals surface area contributed by atoms with Crippen molar-refractivity contribution in [2.75, 3.05) is 12.4 Å². The predicted molar refractivity (Wildman–Crippen MR) is 86.8 cm³/mol. The van der Waals surface area contributed by atoms with Crippen molar-refractivity contribution >= 4 is 23.2 Å². The molecule has 0 aliphatic rings. The zero-order valence-electron chi connectivity index (χ0n) is 12.6. The standard InChI is InChI=1S/C16H12ClN3O4/c1-23-13-8-6-12(7-9-13)20-14(16(22)24-19-20)15(21)18-11-4-2-10(17)3-5-11/h2-9H,1H3,(H-,18,19,21,22)/p+1. The second kappa shape index (κ2) is 6.59. The maximum atomic E-state index is 12.4. The molecule has 7 nitrogen and oxygen atoms in total. The molecule has 0 radical (unpaired) electrons. The number of benzene rings is 2. The van der Waals surface area contributed by atoms with Crippen LogP contribution in [0.3, 0.4) is 0 Å². The van der Waals surface area contributed by atoms with Crippen LogP contribution in [0.15, 0.2) is 57.8 Å². The van der Waals surface area contributed by atoms with E-state index in [4.69, 9.17) is 20.9 Å². The summed E-state index contributed by atoms with van der Waals surface area (Å²) in [6.07, 6.45) is 0. The number of nitrogens with one attached hydrogen (secondary N) is 2. The molecule has 1 aromatic heterocycles. The topological polar surface area (TPSA) is 88.2 Å². The number of aromatic amines is 1. The van der Waals surface area contributed by atoms with Gasteiger partial charge in [0.05, 0.1) is 7.11 Å². The summed E-state index contributed by atoms with van der Waals surface area (Å²) in [7, 11) is 1.55. The molecular weight excluding hydrogens is 334 g/mol. The van der Waals surface area contributed by atoms with Gasteiger partial charge in [-0.15, -0.1) is 0 Å². The molecule has 2 aromatic carbocycles. The van der Waals surface area contributed by atoms with Crippen LogP contribution in [0.25, 0.3) is 5.69 Å². The highest BCUT2D eigenvalue weighted by molar-refractivity contribution is 6.30. The van der Waals surface area contributed by atoms with Gasteiger partial charge in [-0.1, -0.05) is 11.6 Å². The molecular formula is C16H13ClN3O4+. The molecule has 0 unspecified atom stereocenters. The van der Waals surface area contributed by atoms with E-state index in [0.29, 0.717) is 22.1 Å². The highest BCUT2D eigenvalue weighted by Gasteiger charge is 2.30. The minimum Gasteiger partial charge on any atom is -0.497 e. The van der Waals surface area contributed by atoms with E-state index in [0.717, 1.165) is 0 Å². The normalized spacial score (nSPS) is 10.4. The number of carbonyl (C=O) groups is 1. The van der Waals surface area contributed by atoms with Gasteiger partial charge in [-0.2, -0.15) is 0 Å². The summed E-state index contributed by atoms with van der Waals surface area (Å²) in [5.74, 6) is 0.0421. The Labute approximate surface area is 141 Å². The Balaban J connectivity index is 1.92. The number of rotatable bonds is 4. The Hall–Kier alpha value is -3.06. The fourth-order valence-corrected chi connectivity index (χ4v) is 2.23. The monoisotopic (exact) mass is 346 g/mol. The number of methoxy groups -OCH3 is 1. The summed E-state index contributed by atoms with van der Waals surface area (Å²) in [4.78, 5) is 24.3. The molecule has 0 spiro atoms. The lowest BCUT2D eigenvalue weighted by Crippen LogP contribution is -2.42. The van der Waals surface area contributed by atoms with Crippen molar-refractivity contribution in [3.8, 4) is 11.4 Å². The molecule has 2 N–H and O–H groups in total. The molecule has 0 aliphatic heterocycles. The average Bonchev–Trinajstić information content (AvgIpc) is 2.98. The average molecular weight is 347 g/mol. The molecule has 0 saturated heterocycles. The van der Waals surface area contributed by atoms with Gasteiger partial charge in [0.25, 0.3) is 0 Å². The maximum Gasteiger partial charge on any atom is 0.441 e. The van der Waals surface area contributed by atoms with Gasteiger partial charge in [0.2, 0.25) is 5.69 Å². The predicted octanol–water partition coefficient (Wildman–Crippen LogP) is 2.16. The minimum absolute atomic E-state index is 0.185. The molecule has 122 valence electrons. The Morgan fingerprint density at radius 3 is 2.46 bits per heavy atom. The van der Waals surface area contributed by atoms with E-state index in [1.54, 1.807) is 55.6 Å². The number of nitrogens with zero attached hydrogens (tertiary/aromatic N) is 1. The minimum atomic E-state index is -0.780. The van der Waals surface area contributed by atoms with Crippen LogP contribution in [0.1, 0.15) is 10.5 Å². The SMILES string of the molecule is COc1ccc(-[n+]2[nH]oc(=O)c2C(=O)Nc2ccc(Cl)cc2)cc1. The Kier molecular flexibility index (Phi) is 4.35. The number of halogens is 1. The first-order chi connectivity index (χ1) is 11.6. The van der Waals surface area contributed by atoms with E-state index in [1.807, 2.05) is 0 Å². The van der Waals surface area contributed by atoms with E-state index in [9.17, 15) is 9.59 Å². The first-order valence-electron chi connectivity index (χ1n) is 6.93. The summed E-state index contributed by atoms with van der Waals surface area (Å²) in [5.41, 5.74) is 0.0848. The van der Waals surface area contributed by atoms with E-state index < -0.39 is 11.5 Å². The van der Waals surface area contributed by atoms with Gasteiger partial charge in [-0.25, -0.2) is 4.79 Å². The number of aromatic nitrogens is 2. The first kappa shape index (κ1) is 15.8. The van der Waals surface area contributed by atoms with Gasteiger partial charge in [0, 0.05) is 22.8 Å². The van der Waals surface area contributed by atoms with E-state index >= 15 is 0 Å². The van der Waals surface area contributed by atoms with Gasteiger partial charge in [-0.05, 0) is 46.4 Å². The second-order valence-electron chi connectivity index (χ2n) is 4.82.